The summed E-state index contributed by atoms with van der Waals surface area (Å²) in [6, 6.07) is 9.61. The van der Waals surface area contributed by atoms with Crippen molar-refractivity contribution in [1.82, 2.24) is 0 Å². The lowest BCUT2D eigenvalue weighted by Gasteiger charge is -1.96. The van der Waals surface area contributed by atoms with E-state index >= 15 is 0 Å². The molecule has 0 saturated heterocycles. The Morgan fingerprint density at radius 2 is 2.27 bits per heavy atom. The van der Waals surface area contributed by atoms with Crippen molar-refractivity contribution in [2.45, 2.75) is 0 Å². The minimum absolute atomic E-state index is 0.0746. The second-order valence-corrected chi connectivity index (χ2v) is 2.06. The van der Waals surface area contributed by atoms with E-state index in [1.807, 2.05) is 0 Å². The lowest BCUT2D eigenvalue weighted by molar-refractivity contribution is -0.130. The summed E-state index contributed by atoms with van der Waals surface area (Å²) < 4.78 is 0. The molecule has 0 aliphatic heterocycles. The molecular formula is C9H7O2. The first kappa shape index (κ1) is 7.54. The van der Waals surface area contributed by atoms with Crippen molar-refractivity contribution in [1.29, 1.82) is 0 Å². The molecule has 1 aromatic carbocycles. The predicted octanol–water partition coefficient (Wildman–Crippen LogP) is 1.58. The van der Waals surface area contributed by atoms with Crippen molar-refractivity contribution >= 4 is 11.5 Å². The molecule has 0 aromatic heterocycles. The number of aliphatic carboxylic acids is 1. The van der Waals surface area contributed by atoms with Crippen LogP contribution in [-0.4, -0.2) is 11.1 Å². The number of carboxylic acids is 1. The highest BCUT2D eigenvalue weighted by atomic mass is 16.4. The maximum absolute atomic E-state index is 10.4. The largest absolute Gasteiger partial charge is 0.478 e. The minimum atomic E-state index is -1.01. The molecule has 1 radical (unpaired) electrons. The quantitative estimate of drug-likeness (QED) is 0.645. The van der Waals surface area contributed by atoms with E-state index in [1.54, 1.807) is 24.3 Å². The lowest BCUT2D eigenvalue weighted by atomic mass is 10.1. The average molecular weight is 147 g/mol. The Hall–Kier alpha value is -1.57. The summed E-state index contributed by atoms with van der Waals surface area (Å²) in [6.45, 7) is 3.39. The SMILES string of the molecule is C=C(C(=O)O)c1[c]cccc1. The first-order valence-electron chi connectivity index (χ1n) is 3.11. The van der Waals surface area contributed by atoms with Crippen LogP contribution in [0.2, 0.25) is 0 Å². The van der Waals surface area contributed by atoms with Crippen LogP contribution in [0.1, 0.15) is 5.56 Å². The van der Waals surface area contributed by atoms with E-state index in [2.05, 4.69) is 12.6 Å². The fourth-order valence-corrected chi connectivity index (χ4v) is 0.696. The van der Waals surface area contributed by atoms with Crippen LogP contribution in [0, 0.1) is 6.07 Å². The second-order valence-electron chi connectivity index (χ2n) is 2.06. The normalized spacial score (nSPS) is 9.09. The summed E-state index contributed by atoms with van der Waals surface area (Å²) in [5.41, 5.74) is 0.602. The molecule has 11 heavy (non-hydrogen) atoms. The molecule has 0 fully saturated rings. The number of hydrogen-bond acceptors (Lipinski definition) is 1. The van der Waals surface area contributed by atoms with Gasteiger partial charge in [0.15, 0.2) is 0 Å². The van der Waals surface area contributed by atoms with E-state index in [9.17, 15) is 4.79 Å². The molecule has 2 nitrogen and oxygen atoms in total. The summed E-state index contributed by atoms with van der Waals surface area (Å²) >= 11 is 0. The van der Waals surface area contributed by atoms with Crippen molar-refractivity contribution in [3.8, 4) is 0 Å². The molecule has 1 rings (SSSR count). The third-order valence-electron chi connectivity index (χ3n) is 1.29. The Labute approximate surface area is 64.8 Å². The summed E-state index contributed by atoms with van der Waals surface area (Å²) in [4.78, 5) is 10.4. The van der Waals surface area contributed by atoms with Gasteiger partial charge in [-0.05, 0) is 11.6 Å². The van der Waals surface area contributed by atoms with E-state index in [-0.39, 0.29) is 5.57 Å². The van der Waals surface area contributed by atoms with Crippen LogP contribution in [0.25, 0.3) is 5.57 Å². The summed E-state index contributed by atoms with van der Waals surface area (Å²) in [5.74, 6) is -1.01. The Balaban J connectivity index is 2.95. The molecule has 0 heterocycles. The van der Waals surface area contributed by atoms with Gasteiger partial charge in [-0.2, -0.15) is 0 Å². The zero-order valence-electron chi connectivity index (χ0n) is 5.87. The van der Waals surface area contributed by atoms with Gasteiger partial charge in [0.2, 0.25) is 0 Å². The Bertz CT molecular complexity index is 275. The third kappa shape index (κ3) is 1.67. The molecular weight excluding hydrogens is 140 g/mol. The second kappa shape index (κ2) is 3.01. The van der Waals surface area contributed by atoms with Crippen molar-refractivity contribution in [3.63, 3.8) is 0 Å². The van der Waals surface area contributed by atoms with Gasteiger partial charge in [-0.15, -0.1) is 0 Å². The number of benzene rings is 1. The van der Waals surface area contributed by atoms with Gasteiger partial charge < -0.3 is 5.11 Å². The van der Waals surface area contributed by atoms with Gasteiger partial charge in [-0.3, -0.25) is 0 Å². The fraction of sp³-hybridized carbons (Fsp3) is 0. The monoisotopic (exact) mass is 147 g/mol. The predicted molar refractivity (Wildman–Crippen MR) is 41.9 cm³/mol. The molecule has 0 spiro atoms. The first-order valence-corrected chi connectivity index (χ1v) is 3.11. The standard InChI is InChI=1S/C9H7O2/c1-7(9(10)11)8-5-3-2-4-6-8/h2-5H,1H2,(H,10,11). The van der Waals surface area contributed by atoms with Crippen molar-refractivity contribution < 1.29 is 9.90 Å². The first-order chi connectivity index (χ1) is 5.22. The number of carbonyl (C=O) groups is 1. The zero-order chi connectivity index (χ0) is 8.27. The molecule has 1 aromatic rings. The Morgan fingerprint density at radius 3 is 2.73 bits per heavy atom. The van der Waals surface area contributed by atoms with Gasteiger partial charge in [-0.1, -0.05) is 30.8 Å². The molecule has 55 valence electrons. The van der Waals surface area contributed by atoms with E-state index in [0.29, 0.717) is 5.56 Å². The minimum Gasteiger partial charge on any atom is -0.478 e. The lowest BCUT2D eigenvalue weighted by Crippen LogP contribution is -1.97. The molecule has 0 aliphatic carbocycles. The average Bonchev–Trinajstić information content (AvgIpc) is 2.05. The van der Waals surface area contributed by atoms with E-state index in [4.69, 9.17) is 5.11 Å². The van der Waals surface area contributed by atoms with Crippen LogP contribution in [-0.2, 0) is 4.79 Å². The maximum atomic E-state index is 10.4. The number of carboxylic acid groups (broad SMARTS) is 1. The summed E-state index contributed by atoms with van der Waals surface area (Å²) in [6.07, 6.45) is 0. The topological polar surface area (TPSA) is 37.3 Å². The van der Waals surface area contributed by atoms with Crippen LogP contribution in [0.15, 0.2) is 30.8 Å². The molecule has 2 heteroatoms. The molecule has 1 N–H and O–H groups in total. The molecule has 0 atom stereocenters. The van der Waals surface area contributed by atoms with Crippen LogP contribution in [0.5, 0.6) is 0 Å². The summed E-state index contributed by atoms with van der Waals surface area (Å²) in [7, 11) is 0. The third-order valence-corrected chi connectivity index (χ3v) is 1.29. The van der Waals surface area contributed by atoms with Gasteiger partial charge in [0.05, 0.1) is 5.57 Å². The molecule has 0 saturated carbocycles. The van der Waals surface area contributed by atoms with Gasteiger partial charge >= 0.3 is 5.97 Å². The molecule has 0 aliphatic rings. The highest BCUT2D eigenvalue weighted by Crippen LogP contribution is 2.09. The van der Waals surface area contributed by atoms with Gasteiger partial charge in [0, 0.05) is 0 Å². The van der Waals surface area contributed by atoms with Crippen molar-refractivity contribution in [3.05, 3.63) is 42.5 Å². The molecule has 0 unspecified atom stereocenters. The highest BCUT2D eigenvalue weighted by molar-refractivity contribution is 6.14. The highest BCUT2D eigenvalue weighted by Gasteiger charge is 2.04. The number of rotatable bonds is 2. The van der Waals surface area contributed by atoms with E-state index in [1.165, 1.54) is 0 Å². The Morgan fingerprint density at radius 1 is 1.55 bits per heavy atom. The van der Waals surface area contributed by atoms with Crippen LogP contribution < -0.4 is 0 Å². The van der Waals surface area contributed by atoms with Crippen LogP contribution in [0.4, 0.5) is 0 Å². The van der Waals surface area contributed by atoms with Crippen LogP contribution in [0.3, 0.4) is 0 Å². The molecule has 0 amide bonds. The van der Waals surface area contributed by atoms with Crippen LogP contribution >= 0.6 is 0 Å². The van der Waals surface area contributed by atoms with Gasteiger partial charge in [-0.25, -0.2) is 4.79 Å². The fourth-order valence-electron chi connectivity index (χ4n) is 0.696. The Kier molecular flexibility index (Phi) is 2.06. The summed E-state index contributed by atoms with van der Waals surface area (Å²) in [5, 5.41) is 8.52. The van der Waals surface area contributed by atoms with Crippen molar-refractivity contribution in [2.24, 2.45) is 0 Å². The molecule has 0 bridgehead atoms. The maximum Gasteiger partial charge on any atom is 0.335 e. The van der Waals surface area contributed by atoms with Gasteiger partial charge in [0.1, 0.15) is 0 Å². The van der Waals surface area contributed by atoms with Crippen molar-refractivity contribution in [2.75, 3.05) is 0 Å². The van der Waals surface area contributed by atoms with E-state index < -0.39 is 5.97 Å². The zero-order valence-corrected chi connectivity index (χ0v) is 5.87. The smallest absolute Gasteiger partial charge is 0.335 e. The number of hydrogen-bond donors (Lipinski definition) is 1. The van der Waals surface area contributed by atoms with Gasteiger partial charge in [0.25, 0.3) is 0 Å². The van der Waals surface area contributed by atoms with E-state index in [0.717, 1.165) is 0 Å².